The molecule has 27 heavy (non-hydrogen) atoms. The zero-order valence-electron chi connectivity index (χ0n) is 14.9. The molecule has 0 fully saturated rings. The number of hydrogen-bond donors (Lipinski definition) is 2. The van der Waals surface area contributed by atoms with Crippen molar-refractivity contribution in [2.75, 3.05) is 38.9 Å². The lowest BCUT2D eigenvalue weighted by Crippen LogP contribution is -2.42. The molecular weight excluding hydrogens is 354 g/mol. The average molecular weight is 375 g/mol. The molecule has 0 radical (unpaired) electrons. The first-order valence-corrected chi connectivity index (χ1v) is 8.38. The summed E-state index contributed by atoms with van der Waals surface area (Å²) < 4.78 is 20.8. The van der Waals surface area contributed by atoms with Crippen molar-refractivity contribution in [3.8, 4) is 11.5 Å². The standard InChI is InChI=1S/C18H21N3O6/c1-24-8-6-21(10-14-3-2-7-25-14)11-17(22)20-18(23)19-13-4-5-15-16(9-13)27-12-26-15/h2-5,7,9H,6,8,10-12H2,1H3,(H2,19,20,22,23). The van der Waals surface area contributed by atoms with Gasteiger partial charge in [-0.1, -0.05) is 0 Å². The lowest BCUT2D eigenvalue weighted by atomic mass is 10.3. The van der Waals surface area contributed by atoms with Gasteiger partial charge in [0.15, 0.2) is 11.5 Å². The highest BCUT2D eigenvalue weighted by molar-refractivity contribution is 6.01. The van der Waals surface area contributed by atoms with Crippen LogP contribution in [0.2, 0.25) is 0 Å². The van der Waals surface area contributed by atoms with Crippen LogP contribution < -0.4 is 20.1 Å². The van der Waals surface area contributed by atoms with Gasteiger partial charge in [-0.05, 0) is 24.3 Å². The Labute approximate surface area is 156 Å². The quantitative estimate of drug-likeness (QED) is 0.725. The van der Waals surface area contributed by atoms with Crippen LogP contribution in [-0.4, -0.2) is 50.4 Å². The minimum absolute atomic E-state index is 0.0264. The molecule has 1 aromatic heterocycles. The van der Waals surface area contributed by atoms with Crippen molar-refractivity contribution in [1.82, 2.24) is 10.2 Å². The highest BCUT2D eigenvalue weighted by atomic mass is 16.7. The molecule has 1 aliphatic heterocycles. The van der Waals surface area contributed by atoms with Gasteiger partial charge in [0.2, 0.25) is 12.7 Å². The van der Waals surface area contributed by atoms with Gasteiger partial charge >= 0.3 is 6.03 Å². The number of carbonyl (C=O) groups is 2. The number of methoxy groups -OCH3 is 1. The van der Waals surface area contributed by atoms with Crippen LogP contribution in [0.1, 0.15) is 5.76 Å². The van der Waals surface area contributed by atoms with Crippen molar-refractivity contribution >= 4 is 17.6 Å². The van der Waals surface area contributed by atoms with Crippen LogP contribution in [0.3, 0.4) is 0 Å². The van der Waals surface area contributed by atoms with Crippen LogP contribution in [0.4, 0.5) is 10.5 Å². The van der Waals surface area contributed by atoms with Crippen molar-refractivity contribution in [2.45, 2.75) is 6.54 Å². The molecule has 9 heteroatoms. The van der Waals surface area contributed by atoms with E-state index < -0.39 is 11.9 Å². The number of rotatable bonds is 8. The maximum absolute atomic E-state index is 12.2. The molecule has 9 nitrogen and oxygen atoms in total. The SMILES string of the molecule is COCCN(CC(=O)NC(=O)Nc1ccc2c(c1)OCO2)Cc1ccco1. The number of furan rings is 1. The Morgan fingerprint density at radius 2 is 2.07 bits per heavy atom. The molecule has 3 rings (SSSR count). The molecule has 0 saturated heterocycles. The second-order valence-electron chi connectivity index (χ2n) is 5.85. The molecule has 0 unspecified atom stereocenters. The molecule has 2 aromatic rings. The molecule has 1 aromatic carbocycles. The Balaban J connectivity index is 1.50. The summed E-state index contributed by atoms with van der Waals surface area (Å²) in [6.07, 6.45) is 1.57. The number of fused-ring (bicyclic) bond motifs is 1. The average Bonchev–Trinajstić information content (AvgIpc) is 3.30. The normalized spacial score (nSPS) is 12.2. The zero-order chi connectivity index (χ0) is 19.1. The monoisotopic (exact) mass is 375 g/mol. The van der Waals surface area contributed by atoms with Gasteiger partial charge in [-0.15, -0.1) is 0 Å². The number of nitrogens with one attached hydrogen (secondary N) is 2. The van der Waals surface area contributed by atoms with E-state index in [-0.39, 0.29) is 13.3 Å². The van der Waals surface area contributed by atoms with E-state index in [4.69, 9.17) is 18.6 Å². The fraction of sp³-hybridized carbons (Fsp3) is 0.333. The highest BCUT2D eigenvalue weighted by Crippen LogP contribution is 2.34. The van der Waals surface area contributed by atoms with Crippen molar-refractivity contribution in [3.05, 3.63) is 42.4 Å². The van der Waals surface area contributed by atoms with E-state index in [1.165, 1.54) is 0 Å². The van der Waals surface area contributed by atoms with Crippen LogP contribution in [0, 0.1) is 0 Å². The van der Waals surface area contributed by atoms with Gasteiger partial charge < -0.3 is 23.9 Å². The highest BCUT2D eigenvalue weighted by Gasteiger charge is 2.17. The maximum atomic E-state index is 12.2. The third kappa shape index (κ3) is 5.47. The number of benzene rings is 1. The summed E-state index contributed by atoms with van der Waals surface area (Å²) in [6, 6.07) is 7.97. The Hall–Kier alpha value is -3.04. The molecule has 0 spiro atoms. The second kappa shape index (κ2) is 9.06. The largest absolute Gasteiger partial charge is 0.468 e. The van der Waals surface area contributed by atoms with Crippen molar-refractivity contribution in [2.24, 2.45) is 0 Å². The summed E-state index contributed by atoms with van der Waals surface area (Å²) in [5.74, 6) is 1.45. The van der Waals surface area contributed by atoms with E-state index in [1.807, 2.05) is 11.0 Å². The second-order valence-corrected chi connectivity index (χ2v) is 5.85. The number of imide groups is 1. The fourth-order valence-electron chi connectivity index (χ4n) is 2.56. The third-order valence-corrected chi connectivity index (χ3v) is 3.82. The summed E-state index contributed by atoms with van der Waals surface area (Å²) in [5, 5.41) is 4.90. The first kappa shape index (κ1) is 18.7. The molecule has 0 bridgehead atoms. The predicted octanol–water partition coefficient (Wildman–Crippen LogP) is 1.81. The summed E-state index contributed by atoms with van der Waals surface area (Å²) in [4.78, 5) is 26.1. The number of ether oxygens (including phenoxy) is 3. The van der Waals surface area contributed by atoms with Crippen LogP contribution in [0.15, 0.2) is 41.0 Å². The topological polar surface area (TPSA) is 102 Å². The lowest BCUT2D eigenvalue weighted by Gasteiger charge is -2.20. The molecule has 2 heterocycles. The number of anilines is 1. The number of nitrogens with zero attached hydrogens (tertiary/aromatic N) is 1. The number of hydrogen-bond acceptors (Lipinski definition) is 7. The Morgan fingerprint density at radius 1 is 1.22 bits per heavy atom. The molecule has 2 N–H and O–H groups in total. The Bertz CT molecular complexity index is 777. The van der Waals surface area contributed by atoms with Gasteiger partial charge in [0, 0.05) is 25.4 Å². The molecule has 0 aliphatic carbocycles. The van der Waals surface area contributed by atoms with E-state index in [1.54, 1.807) is 37.6 Å². The molecule has 0 atom stereocenters. The molecule has 1 aliphatic rings. The van der Waals surface area contributed by atoms with E-state index >= 15 is 0 Å². The molecule has 0 saturated carbocycles. The first-order valence-electron chi connectivity index (χ1n) is 8.38. The predicted molar refractivity (Wildman–Crippen MR) is 95.6 cm³/mol. The maximum Gasteiger partial charge on any atom is 0.325 e. The Morgan fingerprint density at radius 3 is 2.85 bits per heavy atom. The van der Waals surface area contributed by atoms with E-state index in [0.717, 1.165) is 5.76 Å². The molecule has 144 valence electrons. The van der Waals surface area contributed by atoms with Crippen molar-refractivity contribution in [3.63, 3.8) is 0 Å². The van der Waals surface area contributed by atoms with Crippen molar-refractivity contribution in [1.29, 1.82) is 0 Å². The number of urea groups is 1. The Kier molecular flexibility index (Phi) is 6.29. The van der Waals surface area contributed by atoms with Gasteiger partial charge in [-0.2, -0.15) is 0 Å². The molecule has 3 amide bonds. The summed E-state index contributed by atoms with van der Waals surface area (Å²) in [5.41, 5.74) is 0.497. The van der Waals surface area contributed by atoms with Crippen molar-refractivity contribution < 1.29 is 28.2 Å². The van der Waals surface area contributed by atoms with Crippen LogP contribution in [-0.2, 0) is 16.1 Å². The third-order valence-electron chi connectivity index (χ3n) is 3.82. The summed E-state index contributed by atoms with van der Waals surface area (Å²) >= 11 is 0. The van der Waals surface area contributed by atoms with Gasteiger partial charge in [0.1, 0.15) is 5.76 Å². The minimum Gasteiger partial charge on any atom is -0.468 e. The zero-order valence-corrected chi connectivity index (χ0v) is 14.9. The molecular formula is C18H21N3O6. The summed E-state index contributed by atoms with van der Waals surface area (Å²) in [6.45, 7) is 1.59. The van der Waals surface area contributed by atoms with Gasteiger partial charge in [0.25, 0.3) is 0 Å². The van der Waals surface area contributed by atoms with E-state index in [2.05, 4.69) is 10.6 Å². The van der Waals surface area contributed by atoms with E-state index in [9.17, 15) is 9.59 Å². The number of carbonyl (C=O) groups excluding carboxylic acids is 2. The van der Waals surface area contributed by atoms with Crippen LogP contribution >= 0.6 is 0 Å². The van der Waals surface area contributed by atoms with Gasteiger partial charge in [-0.3, -0.25) is 15.0 Å². The van der Waals surface area contributed by atoms with E-state index in [0.29, 0.717) is 36.9 Å². The fourth-order valence-corrected chi connectivity index (χ4v) is 2.56. The smallest absolute Gasteiger partial charge is 0.325 e. The first-order chi connectivity index (χ1) is 13.1. The lowest BCUT2D eigenvalue weighted by molar-refractivity contribution is -0.121. The summed E-state index contributed by atoms with van der Waals surface area (Å²) in [7, 11) is 1.59. The van der Waals surface area contributed by atoms with Crippen LogP contribution in [0.25, 0.3) is 0 Å². The van der Waals surface area contributed by atoms with Gasteiger partial charge in [0.05, 0.1) is 26.0 Å². The van der Waals surface area contributed by atoms with Crippen LogP contribution in [0.5, 0.6) is 11.5 Å². The number of amides is 3. The van der Waals surface area contributed by atoms with Gasteiger partial charge in [-0.25, -0.2) is 4.79 Å². The minimum atomic E-state index is -0.622.